The van der Waals surface area contributed by atoms with Crippen molar-refractivity contribution < 1.29 is 9.85 Å². The van der Waals surface area contributed by atoms with Gasteiger partial charge >= 0.3 is 0 Å². The van der Waals surface area contributed by atoms with E-state index in [-0.39, 0.29) is 41.5 Å². The summed E-state index contributed by atoms with van der Waals surface area (Å²) in [6.07, 6.45) is 0. The van der Waals surface area contributed by atoms with Gasteiger partial charge in [-0.15, -0.1) is 0 Å². The van der Waals surface area contributed by atoms with Gasteiger partial charge in [-0.3, -0.25) is 20.2 Å². The molecule has 22 heteroatoms. The molecule has 0 bridgehead atoms. The van der Waals surface area contributed by atoms with E-state index in [1.807, 2.05) is 24.3 Å². The summed E-state index contributed by atoms with van der Waals surface area (Å²) in [5, 5.41) is 25.9. The van der Waals surface area contributed by atoms with Gasteiger partial charge in [0.2, 0.25) is 0 Å². The molecule has 4 N–H and O–H groups in total. The van der Waals surface area contributed by atoms with Gasteiger partial charge in [-0.05, 0) is 84.9 Å². The van der Waals surface area contributed by atoms with Crippen molar-refractivity contribution in [1.82, 2.24) is 0 Å². The number of nitrogens with zero attached hydrogens (tertiary/aromatic N) is 2. The van der Waals surface area contributed by atoms with Crippen molar-refractivity contribution in [2.45, 2.75) is 19.6 Å². The third-order valence-electron chi connectivity index (χ3n) is 10.1. The highest BCUT2D eigenvalue weighted by atomic mass is 35.5. The minimum absolute atomic E-state index is 0.105. The first kappa shape index (κ1) is 54.1. The van der Waals surface area contributed by atoms with Crippen molar-refractivity contribution >= 4 is 185 Å². The number of nitro benzene ring substituents is 2. The van der Waals surface area contributed by atoms with E-state index in [9.17, 15) is 20.2 Å². The van der Waals surface area contributed by atoms with Gasteiger partial charge in [0, 0.05) is 99.7 Å². The van der Waals surface area contributed by atoms with Gasteiger partial charge in [-0.25, -0.2) is 0 Å². The van der Waals surface area contributed by atoms with Crippen LogP contribution in [0.5, 0.6) is 0 Å². The molecule has 0 unspecified atom stereocenters. The maximum atomic E-state index is 11.2. The molecule has 8 aromatic carbocycles. The molecule has 0 heterocycles. The number of hydrogen-bond acceptors (Lipinski definition) is 8. The lowest BCUT2D eigenvalue weighted by molar-refractivity contribution is -0.385. The number of nitro groups is 2. The Bertz CT molecular complexity index is 3220. The number of rotatable bonds is 10. The topological polar surface area (TPSA) is 138 Å². The monoisotopic (exact) mass is 1200 g/mol. The predicted molar refractivity (Wildman–Crippen MR) is 298 cm³/mol. The van der Waals surface area contributed by atoms with Crippen molar-refractivity contribution in [3.63, 3.8) is 0 Å². The van der Waals surface area contributed by atoms with E-state index < -0.39 is 9.85 Å². The van der Waals surface area contributed by atoms with E-state index >= 15 is 0 Å². The minimum Gasteiger partial charge on any atom is -0.399 e. The van der Waals surface area contributed by atoms with Crippen molar-refractivity contribution in [2.24, 2.45) is 0 Å². The number of nitrogen functional groups attached to an aromatic ring is 2. The molecular formula is C48H24Cl12N4O4S2. The zero-order valence-corrected chi connectivity index (χ0v) is 45.3. The summed E-state index contributed by atoms with van der Waals surface area (Å²) < 4.78 is 0. The first-order chi connectivity index (χ1) is 33.2. The normalized spacial score (nSPS) is 11.0. The van der Waals surface area contributed by atoms with E-state index in [0.29, 0.717) is 95.8 Å². The van der Waals surface area contributed by atoms with E-state index in [0.717, 1.165) is 9.79 Å². The molecule has 0 saturated heterocycles. The highest BCUT2D eigenvalue weighted by Crippen LogP contribution is 2.52. The zero-order valence-electron chi connectivity index (χ0n) is 34.6. The van der Waals surface area contributed by atoms with Crippen LogP contribution in [-0.2, 0) is 0 Å². The molecule has 0 aliphatic heterocycles. The summed E-state index contributed by atoms with van der Waals surface area (Å²) in [6, 6.07) is 32.4. The number of hydrogen-bond donors (Lipinski definition) is 2. The molecule has 0 fully saturated rings. The van der Waals surface area contributed by atoms with Gasteiger partial charge in [0.1, 0.15) is 0 Å². The Hall–Kier alpha value is -3.66. The molecule has 0 radical (unpaired) electrons. The Labute approximate surface area is 468 Å². The molecule has 0 spiro atoms. The average molecular weight is 1210 g/mol. The first-order valence-electron chi connectivity index (χ1n) is 19.4. The molecule has 8 rings (SSSR count). The molecule has 0 aliphatic carbocycles. The number of nitrogens with two attached hydrogens (primary N) is 2. The van der Waals surface area contributed by atoms with E-state index in [4.69, 9.17) is 151 Å². The summed E-state index contributed by atoms with van der Waals surface area (Å²) >= 11 is 80.3. The van der Waals surface area contributed by atoms with E-state index in [2.05, 4.69) is 0 Å². The molecule has 0 atom stereocenters. The minimum atomic E-state index is -0.555. The third-order valence-corrected chi connectivity index (χ3v) is 16.8. The lowest BCUT2D eigenvalue weighted by Gasteiger charge is -2.18. The van der Waals surface area contributed by atoms with Crippen LogP contribution in [0.4, 0.5) is 22.7 Å². The Balaban J connectivity index is 0.000000208. The highest BCUT2D eigenvalue weighted by molar-refractivity contribution is 8.00. The number of non-ortho nitro benzene ring substituents is 2. The highest BCUT2D eigenvalue weighted by Gasteiger charge is 2.25. The molecule has 0 amide bonds. The summed E-state index contributed by atoms with van der Waals surface area (Å²) in [5.41, 5.74) is 17.0. The zero-order chi connectivity index (χ0) is 50.9. The van der Waals surface area contributed by atoms with Crippen LogP contribution in [-0.4, -0.2) is 9.85 Å². The smallest absolute Gasteiger partial charge is 0.270 e. The van der Waals surface area contributed by atoms with Crippen LogP contribution >= 0.6 is 163 Å². The average Bonchev–Trinajstić information content (AvgIpc) is 3.30. The van der Waals surface area contributed by atoms with Gasteiger partial charge in [-0.2, -0.15) is 0 Å². The third kappa shape index (κ3) is 11.7. The molecule has 0 aliphatic rings. The van der Waals surface area contributed by atoms with E-state index in [1.54, 1.807) is 60.7 Å². The molecule has 0 aromatic heterocycles. The van der Waals surface area contributed by atoms with Crippen LogP contribution in [0, 0.1) is 20.2 Å². The first-order valence-corrected chi connectivity index (χ1v) is 25.6. The lowest BCUT2D eigenvalue weighted by Crippen LogP contribution is -1.93. The van der Waals surface area contributed by atoms with E-state index in [1.165, 1.54) is 59.9 Å². The molecule has 0 saturated carbocycles. The second kappa shape index (κ2) is 23.0. The molecule has 70 heavy (non-hydrogen) atoms. The van der Waals surface area contributed by atoms with Crippen molar-refractivity contribution in [1.29, 1.82) is 0 Å². The summed E-state index contributed by atoms with van der Waals surface area (Å²) in [5.74, 6) is 0. The SMILES string of the molecule is Nc1ccc(-c2c(Sc3ccc(Cl)c(Cl)c3-c3ccc(N)cc3Cl)ccc(Cl)c2Cl)c(Cl)c1.O=[N+]([O-])c1ccc(-c2c(Sc3ccc(Cl)c(Cl)c3-c3ccc([N+](=O)[O-])cc3Cl)ccc(Cl)c2Cl)c(Cl)c1. The van der Waals surface area contributed by atoms with Crippen molar-refractivity contribution in [3.8, 4) is 44.5 Å². The summed E-state index contributed by atoms with van der Waals surface area (Å²) in [4.78, 5) is 24.0. The standard InChI is InChI=1S/C24H10Cl6N2O4S.C24H14Cl6N2S/c25-15-5-7-19(21(23(15)29)13-3-1-11(31(33)34)9-17(13)27)37-20-8-6-16(26)24(30)22(20)14-4-2-12(32(35)36)10-18(14)28;25-15-5-7-19(21(23(15)29)13-3-1-11(31)9-17(13)27)33-20-8-6-16(26)24(30)22(20)14-4-2-12(32)10-18(14)28/h1-10H;1-10H,31-32H2. The lowest BCUT2D eigenvalue weighted by atomic mass is 10.0. The molecule has 8 nitrogen and oxygen atoms in total. The fourth-order valence-corrected chi connectivity index (χ4v) is 12.1. The van der Waals surface area contributed by atoms with Crippen LogP contribution in [0.2, 0.25) is 60.3 Å². The Morgan fingerprint density at radius 1 is 0.329 bits per heavy atom. The van der Waals surface area contributed by atoms with Crippen molar-refractivity contribution in [2.75, 3.05) is 11.5 Å². The largest absolute Gasteiger partial charge is 0.399 e. The van der Waals surface area contributed by atoms with Crippen LogP contribution < -0.4 is 11.5 Å². The number of anilines is 2. The van der Waals surface area contributed by atoms with Gasteiger partial charge in [0.15, 0.2) is 0 Å². The second-order valence-electron chi connectivity index (χ2n) is 14.5. The quantitative estimate of drug-likeness (QED) is 0.0784. The van der Waals surface area contributed by atoms with Crippen molar-refractivity contribution in [3.05, 3.63) is 202 Å². The molecule has 356 valence electrons. The van der Waals surface area contributed by atoms with Gasteiger partial charge < -0.3 is 11.5 Å². The predicted octanol–water partition coefficient (Wildman–Crippen LogP) is 21.2. The number of benzene rings is 8. The molecular weight excluding hydrogens is 1190 g/mol. The summed E-state index contributed by atoms with van der Waals surface area (Å²) in [6.45, 7) is 0. The second-order valence-corrected chi connectivity index (χ2v) is 21.4. The Kier molecular flexibility index (Phi) is 17.8. The Morgan fingerprint density at radius 3 is 0.800 bits per heavy atom. The molecule has 8 aromatic rings. The van der Waals surface area contributed by atoms with Crippen LogP contribution in [0.15, 0.2) is 141 Å². The van der Waals surface area contributed by atoms with Crippen LogP contribution in [0.25, 0.3) is 44.5 Å². The fraction of sp³-hybridized carbons (Fsp3) is 0. The van der Waals surface area contributed by atoms with Gasteiger partial charge in [0.25, 0.3) is 11.4 Å². The van der Waals surface area contributed by atoms with Crippen LogP contribution in [0.3, 0.4) is 0 Å². The number of halogens is 12. The maximum absolute atomic E-state index is 11.2. The fourth-order valence-electron chi connectivity index (χ4n) is 6.82. The Morgan fingerprint density at radius 2 is 0.571 bits per heavy atom. The summed E-state index contributed by atoms with van der Waals surface area (Å²) in [7, 11) is 0. The van der Waals surface area contributed by atoms with Gasteiger partial charge in [0.05, 0.1) is 70.1 Å². The maximum Gasteiger partial charge on any atom is 0.270 e. The van der Waals surface area contributed by atoms with Gasteiger partial charge in [-0.1, -0.05) is 175 Å². The van der Waals surface area contributed by atoms with Crippen LogP contribution in [0.1, 0.15) is 0 Å².